The standard InChI is InChI=1S/C9H12BrNO/c1-2-6-3-4-7-8(5-10)11-12-9(6)7/h6H,2-5H2,1H3. The van der Waals surface area contributed by atoms with Crippen molar-refractivity contribution >= 4 is 15.9 Å². The van der Waals surface area contributed by atoms with Crippen LogP contribution in [0.25, 0.3) is 0 Å². The fourth-order valence-electron chi connectivity index (χ4n) is 1.89. The Labute approximate surface area is 80.4 Å². The van der Waals surface area contributed by atoms with Crippen molar-refractivity contribution in [2.24, 2.45) is 0 Å². The second-order valence-electron chi connectivity index (χ2n) is 3.25. The van der Waals surface area contributed by atoms with Crippen LogP contribution in [0.1, 0.15) is 42.7 Å². The monoisotopic (exact) mass is 229 g/mol. The summed E-state index contributed by atoms with van der Waals surface area (Å²) >= 11 is 3.41. The van der Waals surface area contributed by atoms with Gasteiger partial charge in [0.1, 0.15) is 5.76 Å². The third kappa shape index (κ3) is 1.11. The minimum Gasteiger partial charge on any atom is -0.361 e. The third-order valence-electron chi connectivity index (χ3n) is 2.63. The molecule has 2 rings (SSSR count). The molecule has 1 aromatic rings. The van der Waals surface area contributed by atoms with E-state index in [0.717, 1.165) is 23.2 Å². The van der Waals surface area contributed by atoms with E-state index in [2.05, 4.69) is 28.0 Å². The first-order valence-electron chi connectivity index (χ1n) is 4.40. The van der Waals surface area contributed by atoms with Gasteiger partial charge in [0.2, 0.25) is 0 Å². The Hall–Kier alpha value is -0.310. The zero-order valence-corrected chi connectivity index (χ0v) is 8.73. The maximum absolute atomic E-state index is 5.32. The summed E-state index contributed by atoms with van der Waals surface area (Å²) in [6, 6.07) is 0. The molecule has 0 N–H and O–H groups in total. The number of hydrogen-bond donors (Lipinski definition) is 0. The van der Waals surface area contributed by atoms with Gasteiger partial charge in [-0.05, 0) is 19.3 Å². The zero-order valence-electron chi connectivity index (χ0n) is 7.14. The molecule has 66 valence electrons. The number of nitrogens with zero attached hydrogens (tertiary/aromatic N) is 1. The number of aromatic nitrogens is 1. The lowest BCUT2D eigenvalue weighted by Crippen LogP contribution is -1.87. The summed E-state index contributed by atoms with van der Waals surface area (Å²) in [6.07, 6.45) is 3.56. The molecule has 0 spiro atoms. The van der Waals surface area contributed by atoms with Crippen molar-refractivity contribution in [3.05, 3.63) is 17.0 Å². The van der Waals surface area contributed by atoms with Crippen molar-refractivity contribution in [1.82, 2.24) is 5.16 Å². The van der Waals surface area contributed by atoms with Crippen molar-refractivity contribution in [1.29, 1.82) is 0 Å². The first-order chi connectivity index (χ1) is 5.86. The molecule has 0 aromatic carbocycles. The van der Waals surface area contributed by atoms with E-state index < -0.39 is 0 Å². The SMILES string of the molecule is CCC1CCc2c(CBr)noc21. The van der Waals surface area contributed by atoms with Crippen LogP contribution in [-0.4, -0.2) is 5.16 Å². The molecular weight excluding hydrogens is 218 g/mol. The van der Waals surface area contributed by atoms with Crippen molar-refractivity contribution < 1.29 is 4.52 Å². The number of alkyl halides is 1. The van der Waals surface area contributed by atoms with E-state index in [9.17, 15) is 0 Å². The molecule has 1 aliphatic carbocycles. The topological polar surface area (TPSA) is 26.0 Å². The average molecular weight is 230 g/mol. The minimum absolute atomic E-state index is 0.625. The molecule has 1 unspecified atom stereocenters. The number of halogens is 1. The summed E-state index contributed by atoms with van der Waals surface area (Å²) in [7, 11) is 0. The van der Waals surface area contributed by atoms with Gasteiger partial charge in [0.15, 0.2) is 0 Å². The summed E-state index contributed by atoms with van der Waals surface area (Å²) in [5.74, 6) is 1.77. The van der Waals surface area contributed by atoms with Crippen molar-refractivity contribution in [2.75, 3.05) is 0 Å². The summed E-state index contributed by atoms with van der Waals surface area (Å²) in [5, 5.41) is 4.85. The van der Waals surface area contributed by atoms with Crippen molar-refractivity contribution in [2.45, 2.75) is 37.4 Å². The van der Waals surface area contributed by atoms with E-state index in [1.54, 1.807) is 0 Å². The first-order valence-corrected chi connectivity index (χ1v) is 5.52. The van der Waals surface area contributed by atoms with Crippen LogP contribution in [0.15, 0.2) is 4.52 Å². The Balaban J connectivity index is 2.35. The highest BCUT2D eigenvalue weighted by Gasteiger charge is 2.28. The van der Waals surface area contributed by atoms with Gasteiger partial charge >= 0.3 is 0 Å². The van der Waals surface area contributed by atoms with E-state index in [1.807, 2.05) is 0 Å². The maximum Gasteiger partial charge on any atom is 0.143 e. The lowest BCUT2D eigenvalue weighted by atomic mass is 10.1. The maximum atomic E-state index is 5.32. The van der Waals surface area contributed by atoms with Gasteiger partial charge in [-0.25, -0.2) is 0 Å². The molecule has 0 bridgehead atoms. The van der Waals surface area contributed by atoms with Crippen LogP contribution in [0.4, 0.5) is 0 Å². The third-order valence-corrected chi connectivity index (χ3v) is 3.16. The quantitative estimate of drug-likeness (QED) is 0.730. The van der Waals surface area contributed by atoms with Gasteiger partial charge in [0, 0.05) is 16.8 Å². The van der Waals surface area contributed by atoms with Gasteiger partial charge in [-0.15, -0.1) is 0 Å². The lowest BCUT2D eigenvalue weighted by Gasteiger charge is -2.00. The molecule has 0 radical (unpaired) electrons. The highest BCUT2D eigenvalue weighted by molar-refractivity contribution is 9.08. The molecule has 0 fully saturated rings. The highest BCUT2D eigenvalue weighted by atomic mass is 79.9. The molecule has 1 atom stereocenters. The van der Waals surface area contributed by atoms with Crippen LogP contribution < -0.4 is 0 Å². The fourth-order valence-corrected chi connectivity index (χ4v) is 2.33. The molecule has 1 heterocycles. The number of rotatable bonds is 2. The van der Waals surface area contributed by atoms with Crippen LogP contribution in [0.5, 0.6) is 0 Å². The Morgan fingerprint density at radius 3 is 3.17 bits per heavy atom. The number of fused-ring (bicyclic) bond motifs is 1. The normalized spacial score (nSPS) is 21.3. The largest absolute Gasteiger partial charge is 0.361 e. The van der Waals surface area contributed by atoms with E-state index in [4.69, 9.17) is 4.52 Å². The van der Waals surface area contributed by atoms with Crippen LogP contribution in [0.3, 0.4) is 0 Å². The fraction of sp³-hybridized carbons (Fsp3) is 0.667. The van der Waals surface area contributed by atoms with E-state index in [1.165, 1.54) is 18.4 Å². The molecule has 0 saturated carbocycles. The van der Waals surface area contributed by atoms with Gasteiger partial charge in [-0.2, -0.15) is 0 Å². The van der Waals surface area contributed by atoms with E-state index in [-0.39, 0.29) is 0 Å². The van der Waals surface area contributed by atoms with Gasteiger partial charge in [0.05, 0.1) is 5.69 Å². The lowest BCUT2D eigenvalue weighted by molar-refractivity contribution is 0.356. The summed E-state index contributed by atoms with van der Waals surface area (Å²) in [4.78, 5) is 0. The van der Waals surface area contributed by atoms with Crippen LogP contribution in [-0.2, 0) is 11.8 Å². The summed E-state index contributed by atoms with van der Waals surface area (Å²) < 4.78 is 5.32. The Morgan fingerprint density at radius 1 is 1.67 bits per heavy atom. The number of hydrogen-bond acceptors (Lipinski definition) is 2. The molecule has 3 heteroatoms. The minimum atomic E-state index is 0.625. The van der Waals surface area contributed by atoms with Crippen LogP contribution in [0, 0.1) is 0 Å². The molecule has 0 saturated heterocycles. The van der Waals surface area contributed by atoms with Crippen LogP contribution >= 0.6 is 15.9 Å². The molecule has 0 aliphatic heterocycles. The highest BCUT2D eigenvalue weighted by Crippen LogP contribution is 2.37. The van der Waals surface area contributed by atoms with Crippen molar-refractivity contribution in [3.63, 3.8) is 0 Å². The average Bonchev–Trinajstić information content (AvgIpc) is 2.62. The molecular formula is C9H12BrNO. The molecule has 2 nitrogen and oxygen atoms in total. The molecule has 1 aromatic heterocycles. The Bertz CT molecular complexity index is 282. The zero-order chi connectivity index (χ0) is 8.55. The molecule has 12 heavy (non-hydrogen) atoms. The molecule has 0 amide bonds. The Kier molecular flexibility index (Phi) is 2.22. The van der Waals surface area contributed by atoms with Gasteiger partial charge in [-0.1, -0.05) is 28.0 Å². The first kappa shape index (κ1) is 8.30. The smallest absolute Gasteiger partial charge is 0.143 e. The predicted molar refractivity (Wildman–Crippen MR) is 50.5 cm³/mol. The summed E-state index contributed by atoms with van der Waals surface area (Å²) in [5.41, 5.74) is 2.46. The van der Waals surface area contributed by atoms with Gasteiger partial charge < -0.3 is 4.52 Å². The second-order valence-corrected chi connectivity index (χ2v) is 3.81. The van der Waals surface area contributed by atoms with Gasteiger partial charge in [0.25, 0.3) is 0 Å². The predicted octanol–water partition coefficient (Wildman–Crippen LogP) is 3.01. The van der Waals surface area contributed by atoms with Gasteiger partial charge in [-0.3, -0.25) is 0 Å². The van der Waals surface area contributed by atoms with Crippen LogP contribution in [0.2, 0.25) is 0 Å². The Morgan fingerprint density at radius 2 is 2.50 bits per heavy atom. The van der Waals surface area contributed by atoms with Crippen molar-refractivity contribution in [3.8, 4) is 0 Å². The second kappa shape index (κ2) is 3.21. The van der Waals surface area contributed by atoms with E-state index in [0.29, 0.717) is 5.92 Å². The van der Waals surface area contributed by atoms with E-state index >= 15 is 0 Å². The summed E-state index contributed by atoms with van der Waals surface area (Å²) in [6.45, 7) is 2.20. The molecule has 1 aliphatic rings.